The van der Waals surface area contributed by atoms with Crippen LogP contribution >= 0.6 is 0 Å². The molecule has 0 unspecified atom stereocenters. The van der Waals surface area contributed by atoms with E-state index in [1.165, 1.54) is 49.6 Å². The smallest absolute Gasteiger partial charge is 0.339 e. The number of hydrogen-bond donors (Lipinski definition) is 2. The summed E-state index contributed by atoms with van der Waals surface area (Å²) in [5.41, 5.74) is 10.00. The van der Waals surface area contributed by atoms with Gasteiger partial charge in [-0.1, -0.05) is 118 Å². The normalized spacial score (nSPS) is 14.9. The molecule has 2 N–H and O–H groups in total. The van der Waals surface area contributed by atoms with Crippen molar-refractivity contribution in [1.29, 1.82) is 0 Å². The number of hydrogen-bond acceptors (Lipinski definition) is 7. The van der Waals surface area contributed by atoms with Crippen molar-refractivity contribution in [1.82, 2.24) is 18.9 Å². The summed E-state index contributed by atoms with van der Waals surface area (Å²) >= 11 is 0. The average Bonchev–Trinajstić information content (AvgIpc) is 3.97. The Kier molecular flexibility index (Phi) is 16.5. The fourth-order valence-corrected chi connectivity index (χ4v) is 10.7. The average molecular weight is 995 g/mol. The summed E-state index contributed by atoms with van der Waals surface area (Å²) in [5, 5.41) is 21.4. The number of aromatic nitrogens is 2. The van der Waals surface area contributed by atoms with Crippen LogP contribution in [0.2, 0.25) is 0 Å². The molecule has 74 heavy (non-hydrogen) atoms. The van der Waals surface area contributed by atoms with Crippen molar-refractivity contribution in [3.05, 3.63) is 197 Å². The number of para-hydroxylation sites is 4. The van der Waals surface area contributed by atoms with E-state index in [2.05, 4.69) is 137 Å². The van der Waals surface area contributed by atoms with Crippen LogP contribution < -0.4 is 14.2 Å². The Morgan fingerprint density at radius 2 is 0.919 bits per heavy atom. The number of nitrogens with zero attached hydrogens (tertiary/aromatic N) is 4. The van der Waals surface area contributed by atoms with Gasteiger partial charge in [0, 0.05) is 60.4 Å². The van der Waals surface area contributed by atoms with Gasteiger partial charge in [-0.3, -0.25) is 9.80 Å². The Morgan fingerprint density at radius 3 is 1.32 bits per heavy atom. The highest BCUT2D eigenvalue weighted by atomic mass is 16.5. The van der Waals surface area contributed by atoms with E-state index in [-0.39, 0.29) is 16.5 Å². The highest BCUT2D eigenvalue weighted by Gasteiger charge is 2.26. The lowest BCUT2D eigenvalue weighted by atomic mass is 9.87. The lowest BCUT2D eigenvalue weighted by Crippen LogP contribution is -2.35. The van der Waals surface area contributed by atoms with Crippen molar-refractivity contribution in [2.75, 3.05) is 59.6 Å². The zero-order valence-corrected chi connectivity index (χ0v) is 43.3. The molecule has 10 rings (SSSR count). The standard InChI is InChI=1S/C33H38N2O3.C30H32N2O4/c1-33(2,3)26-14-12-24(13-15-26)22-35-23-29(27-8-4-6-10-30(27)35)25-16-18-34(19-17-25)20-21-38-31-11-7-5-9-28(31)32(36)37;1-35-24-12-10-22(11-13-24)20-32-21-27(25-6-2-4-8-28(25)32)23-14-16-31(17-15-23)18-19-36-29-9-5-3-7-26(29)30(33)34/h4-15,23,25H,16-22H2,1-3H3,(H,36,37);2-13,21,23H,14-20H2,1H3,(H,33,34). The number of fused-ring (bicyclic) bond motifs is 2. The Morgan fingerprint density at radius 1 is 0.527 bits per heavy atom. The topological polar surface area (TPSA) is 119 Å². The molecular formula is C63H70N4O7. The maximum Gasteiger partial charge on any atom is 0.339 e. The van der Waals surface area contributed by atoms with Crippen LogP contribution in [0.5, 0.6) is 17.2 Å². The second kappa shape index (κ2) is 23.7. The Hall–Kier alpha value is -7.34. The third-order valence-corrected chi connectivity index (χ3v) is 14.9. The van der Waals surface area contributed by atoms with Gasteiger partial charge in [0.05, 0.1) is 7.11 Å². The van der Waals surface area contributed by atoms with Crippen molar-refractivity contribution >= 4 is 33.7 Å². The van der Waals surface area contributed by atoms with Crippen molar-refractivity contribution in [2.45, 2.75) is 76.8 Å². The fraction of sp³-hybridized carbons (Fsp3) is 0.333. The zero-order valence-electron chi connectivity index (χ0n) is 43.3. The summed E-state index contributed by atoms with van der Waals surface area (Å²) < 4.78 is 21.7. The first kappa shape index (κ1) is 51.6. The molecule has 6 aromatic carbocycles. The van der Waals surface area contributed by atoms with Gasteiger partial charge in [-0.05, 0) is 145 Å². The molecule has 8 aromatic rings. The molecule has 2 aliphatic heterocycles. The van der Waals surface area contributed by atoms with E-state index in [0.29, 0.717) is 36.5 Å². The van der Waals surface area contributed by atoms with Crippen LogP contribution in [0.3, 0.4) is 0 Å². The van der Waals surface area contributed by atoms with Gasteiger partial charge in [-0.2, -0.15) is 0 Å². The molecule has 2 saturated heterocycles. The third kappa shape index (κ3) is 12.5. The van der Waals surface area contributed by atoms with Crippen LogP contribution in [0.1, 0.15) is 107 Å². The second-order valence-electron chi connectivity index (χ2n) is 20.8. The third-order valence-electron chi connectivity index (χ3n) is 14.9. The summed E-state index contributed by atoms with van der Waals surface area (Å²) in [6.45, 7) is 15.1. The number of piperidine rings is 2. The Balaban J connectivity index is 0.000000182. The van der Waals surface area contributed by atoms with E-state index >= 15 is 0 Å². The molecule has 0 spiro atoms. The lowest BCUT2D eigenvalue weighted by Gasteiger charge is -2.31. The maximum atomic E-state index is 11.4. The van der Waals surface area contributed by atoms with Gasteiger partial charge in [0.2, 0.25) is 0 Å². The summed E-state index contributed by atoms with van der Waals surface area (Å²) in [6.07, 6.45) is 9.15. The van der Waals surface area contributed by atoms with E-state index < -0.39 is 11.9 Å². The van der Waals surface area contributed by atoms with E-state index in [9.17, 15) is 19.8 Å². The van der Waals surface area contributed by atoms with E-state index in [0.717, 1.165) is 83.8 Å². The van der Waals surface area contributed by atoms with Crippen molar-refractivity contribution in [3.8, 4) is 17.2 Å². The maximum absolute atomic E-state index is 11.4. The number of carboxylic acid groups (broad SMARTS) is 2. The van der Waals surface area contributed by atoms with E-state index in [1.54, 1.807) is 49.6 Å². The van der Waals surface area contributed by atoms with Crippen molar-refractivity contribution in [3.63, 3.8) is 0 Å². The van der Waals surface area contributed by atoms with Crippen LogP contribution in [-0.4, -0.2) is 101 Å². The molecule has 2 fully saturated rings. The molecule has 0 amide bonds. The molecule has 384 valence electrons. The Labute approximate surface area is 435 Å². The van der Waals surface area contributed by atoms with Crippen molar-refractivity contribution < 1.29 is 34.0 Å². The molecule has 4 heterocycles. The van der Waals surface area contributed by atoms with Gasteiger partial charge in [0.1, 0.15) is 41.6 Å². The summed E-state index contributed by atoms with van der Waals surface area (Å²) in [6, 6.07) is 48.5. The molecule has 0 radical (unpaired) electrons. The predicted octanol–water partition coefficient (Wildman–Crippen LogP) is 12.6. The molecule has 0 aliphatic carbocycles. The van der Waals surface area contributed by atoms with Crippen LogP contribution in [0.15, 0.2) is 158 Å². The van der Waals surface area contributed by atoms with Gasteiger partial charge in [-0.25, -0.2) is 9.59 Å². The number of carboxylic acids is 2. The number of carbonyl (C=O) groups is 2. The first-order chi connectivity index (χ1) is 35.9. The lowest BCUT2D eigenvalue weighted by molar-refractivity contribution is 0.0680. The summed E-state index contributed by atoms with van der Waals surface area (Å²) in [5.74, 6) is 0.895. The second-order valence-corrected chi connectivity index (χ2v) is 20.8. The molecule has 2 aromatic heterocycles. The number of methoxy groups -OCH3 is 1. The monoisotopic (exact) mass is 995 g/mol. The van der Waals surface area contributed by atoms with Gasteiger partial charge in [-0.15, -0.1) is 0 Å². The summed E-state index contributed by atoms with van der Waals surface area (Å²) in [7, 11) is 1.69. The number of aromatic carboxylic acids is 2. The minimum Gasteiger partial charge on any atom is -0.497 e. The fourth-order valence-electron chi connectivity index (χ4n) is 10.7. The Bertz CT molecular complexity index is 3130. The minimum absolute atomic E-state index is 0.162. The number of likely N-dealkylation sites (tertiary alicyclic amines) is 2. The van der Waals surface area contributed by atoms with Gasteiger partial charge < -0.3 is 33.6 Å². The van der Waals surface area contributed by atoms with Gasteiger partial charge in [0.25, 0.3) is 0 Å². The molecule has 0 saturated carbocycles. The molecule has 0 bridgehead atoms. The van der Waals surface area contributed by atoms with Gasteiger partial charge >= 0.3 is 11.9 Å². The minimum atomic E-state index is -0.961. The highest BCUT2D eigenvalue weighted by molar-refractivity contribution is 5.91. The van der Waals surface area contributed by atoms with Crippen LogP contribution in [-0.2, 0) is 18.5 Å². The first-order valence-electron chi connectivity index (χ1n) is 26.1. The molecule has 11 heteroatoms. The highest BCUT2D eigenvalue weighted by Crippen LogP contribution is 2.37. The molecule has 11 nitrogen and oxygen atoms in total. The molecule has 2 aliphatic rings. The number of ether oxygens (including phenoxy) is 3. The van der Waals surface area contributed by atoms with Crippen LogP contribution in [0.4, 0.5) is 0 Å². The summed E-state index contributed by atoms with van der Waals surface area (Å²) in [4.78, 5) is 27.6. The van der Waals surface area contributed by atoms with Gasteiger partial charge in [0.15, 0.2) is 0 Å². The predicted molar refractivity (Wildman–Crippen MR) is 295 cm³/mol. The van der Waals surface area contributed by atoms with Crippen LogP contribution in [0.25, 0.3) is 21.8 Å². The van der Waals surface area contributed by atoms with E-state index in [1.807, 2.05) is 18.2 Å². The van der Waals surface area contributed by atoms with Crippen LogP contribution in [0, 0.1) is 0 Å². The van der Waals surface area contributed by atoms with E-state index in [4.69, 9.17) is 14.2 Å². The quantitative estimate of drug-likeness (QED) is 0.0919. The number of benzene rings is 6. The molecule has 0 atom stereocenters. The molecular weight excluding hydrogens is 925 g/mol. The SMILES string of the molecule is CC(C)(C)c1ccc(Cn2cc(C3CCN(CCOc4ccccc4C(=O)O)CC3)c3ccccc32)cc1.COc1ccc(Cn2cc(C3CCN(CCOc4ccccc4C(=O)O)CC3)c3ccccc32)cc1. The first-order valence-corrected chi connectivity index (χ1v) is 26.1. The zero-order chi connectivity index (χ0) is 51.6. The number of rotatable bonds is 17. The largest absolute Gasteiger partial charge is 0.497 e. The van der Waals surface area contributed by atoms with Crippen molar-refractivity contribution in [2.24, 2.45) is 0 Å².